The Labute approximate surface area is 116 Å². The van der Waals surface area contributed by atoms with Crippen LogP contribution in [0.4, 0.5) is 13.6 Å². The number of nitrogens with one attached hydrogen (secondary N) is 1. The second kappa shape index (κ2) is 4.92. The molecular weight excluding hydrogens is 268 g/mol. The van der Waals surface area contributed by atoms with Crippen LogP contribution in [-0.4, -0.2) is 24.2 Å². The van der Waals surface area contributed by atoms with E-state index in [0.29, 0.717) is 11.3 Å². The van der Waals surface area contributed by atoms with Crippen molar-refractivity contribution in [3.63, 3.8) is 0 Å². The van der Waals surface area contributed by atoms with Gasteiger partial charge in [-0.25, -0.2) is 13.6 Å². The van der Waals surface area contributed by atoms with Crippen LogP contribution in [0.3, 0.4) is 0 Å². The molecule has 1 aromatic carbocycles. The maximum Gasteiger partial charge on any atom is 0.408 e. The largest absolute Gasteiger partial charge is 0.488 e. The smallest absolute Gasteiger partial charge is 0.408 e. The molecule has 1 aliphatic rings. The first-order chi connectivity index (χ1) is 9.17. The summed E-state index contributed by atoms with van der Waals surface area (Å²) in [4.78, 5) is 11.1. The summed E-state index contributed by atoms with van der Waals surface area (Å²) in [5, 5.41) is 2.14. The maximum absolute atomic E-state index is 13.7. The molecule has 1 saturated heterocycles. The van der Waals surface area contributed by atoms with Gasteiger partial charge in [-0.15, -0.1) is 0 Å². The fourth-order valence-corrected chi connectivity index (χ4v) is 1.92. The van der Waals surface area contributed by atoms with Gasteiger partial charge < -0.3 is 14.8 Å². The Morgan fingerprint density at radius 3 is 2.45 bits per heavy atom. The molecule has 1 heterocycles. The topological polar surface area (TPSA) is 47.6 Å². The number of carbonyl (C=O) groups excluding carboxylic acids is 1. The zero-order valence-electron chi connectivity index (χ0n) is 11.6. The minimum Gasteiger partial charge on any atom is -0.488 e. The standard InChI is InChI=1S/C14H17F2NO3/c1-13(2,3)20-10-6-4-9(5-7-10)11-14(15,16)8-19-12(18)17-11/h4-7,11H,8H2,1-3H3,(H,17,18)/t11-/m1/s1. The van der Waals surface area contributed by atoms with Gasteiger partial charge in [0.25, 0.3) is 0 Å². The van der Waals surface area contributed by atoms with E-state index in [0.717, 1.165) is 0 Å². The molecule has 6 heteroatoms. The number of hydrogen-bond donors (Lipinski definition) is 1. The van der Waals surface area contributed by atoms with Gasteiger partial charge in [0.05, 0.1) is 0 Å². The zero-order chi connectivity index (χ0) is 15.0. The van der Waals surface area contributed by atoms with Crippen molar-refractivity contribution >= 4 is 6.09 Å². The van der Waals surface area contributed by atoms with Crippen LogP contribution in [-0.2, 0) is 4.74 Å². The molecule has 0 aromatic heterocycles. The lowest BCUT2D eigenvalue weighted by atomic mass is 10.00. The van der Waals surface area contributed by atoms with Crippen molar-refractivity contribution in [2.24, 2.45) is 0 Å². The molecule has 110 valence electrons. The van der Waals surface area contributed by atoms with Crippen LogP contribution in [0.5, 0.6) is 5.75 Å². The number of alkyl halides is 2. The second-order valence-electron chi connectivity index (χ2n) is 5.70. The summed E-state index contributed by atoms with van der Waals surface area (Å²) in [6.45, 7) is 4.78. The SMILES string of the molecule is CC(C)(C)Oc1ccc([C@H]2NC(=O)OCC2(F)F)cc1. The predicted octanol–water partition coefficient (Wildman–Crippen LogP) is 3.28. The third kappa shape index (κ3) is 3.37. The van der Waals surface area contributed by atoms with Crippen molar-refractivity contribution in [2.75, 3.05) is 6.61 Å². The summed E-state index contributed by atoms with van der Waals surface area (Å²) < 4.78 is 37.4. The van der Waals surface area contributed by atoms with Crippen LogP contribution in [0.15, 0.2) is 24.3 Å². The van der Waals surface area contributed by atoms with Crippen LogP contribution in [0.25, 0.3) is 0 Å². The Morgan fingerprint density at radius 1 is 1.30 bits per heavy atom. The van der Waals surface area contributed by atoms with Crippen LogP contribution in [0.2, 0.25) is 0 Å². The molecule has 1 aliphatic heterocycles. The monoisotopic (exact) mass is 285 g/mol. The first kappa shape index (κ1) is 14.6. The minimum absolute atomic E-state index is 0.313. The third-order valence-electron chi connectivity index (χ3n) is 2.72. The van der Waals surface area contributed by atoms with Gasteiger partial charge in [-0.2, -0.15) is 0 Å². The van der Waals surface area contributed by atoms with E-state index in [1.807, 2.05) is 20.8 Å². The Balaban J connectivity index is 2.18. The van der Waals surface area contributed by atoms with Crippen LogP contribution >= 0.6 is 0 Å². The Morgan fingerprint density at radius 2 is 1.90 bits per heavy atom. The molecule has 1 amide bonds. The van der Waals surface area contributed by atoms with Crippen molar-refractivity contribution in [3.8, 4) is 5.75 Å². The number of rotatable bonds is 2. The number of carbonyl (C=O) groups is 1. The lowest BCUT2D eigenvalue weighted by Crippen LogP contribution is -2.49. The average Bonchev–Trinajstić information content (AvgIpc) is 2.32. The summed E-state index contributed by atoms with van der Waals surface area (Å²) in [6, 6.07) is 4.88. The van der Waals surface area contributed by atoms with E-state index >= 15 is 0 Å². The fourth-order valence-electron chi connectivity index (χ4n) is 1.92. The van der Waals surface area contributed by atoms with E-state index in [1.54, 1.807) is 12.1 Å². The first-order valence-corrected chi connectivity index (χ1v) is 6.27. The van der Waals surface area contributed by atoms with Crippen molar-refractivity contribution in [1.82, 2.24) is 5.32 Å². The van der Waals surface area contributed by atoms with Crippen LogP contribution in [0, 0.1) is 0 Å². The fraction of sp³-hybridized carbons (Fsp3) is 0.500. The van der Waals surface area contributed by atoms with Crippen molar-refractivity contribution in [3.05, 3.63) is 29.8 Å². The molecular formula is C14H17F2NO3. The molecule has 0 aliphatic carbocycles. The first-order valence-electron chi connectivity index (χ1n) is 6.27. The van der Waals surface area contributed by atoms with Gasteiger partial charge in [0, 0.05) is 0 Å². The van der Waals surface area contributed by atoms with E-state index in [2.05, 4.69) is 10.1 Å². The quantitative estimate of drug-likeness (QED) is 0.907. The van der Waals surface area contributed by atoms with E-state index in [4.69, 9.17) is 4.74 Å². The summed E-state index contributed by atoms with van der Waals surface area (Å²) in [6.07, 6.45) is -0.837. The molecule has 4 nitrogen and oxygen atoms in total. The van der Waals surface area contributed by atoms with E-state index < -0.39 is 24.7 Å². The minimum atomic E-state index is -3.14. The Bertz CT molecular complexity index is 494. The van der Waals surface area contributed by atoms with Gasteiger partial charge in [-0.1, -0.05) is 12.1 Å². The van der Waals surface area contributed by atoms with Crippen LogP contribution in [0.1, 0.15) is 32.4 Å². The number of hydrogen-bond acceptors (Lipinski definition) is 3. The number of cyclic esters (lactones) is 1. The highest BCUT2D eigenvalue weighted by Crippen LogP contribution is 2.35. The molecule has 1 atom stereocenters. The third-order valence-corrected chi connectivity index (χ3v) is 2.72. The van der Waals surface area contributed by atoms with Gasteiger partial charge >= 0.3 is 12.0 Å². The summed E-state index contributed by atoms with van der Waals surface area (Å²) >= 11 is 0. The number of ether oxygens (including phenoxy) is 2. The molecule has 0 spiro atoms. The molecule has 0 bridgehead atoms. The summed E-state index contributed by atoms with van der Waals surface area (Å²) in [7, 11) is 0. The van der Waals surface area contributed by atoms with Gasteiger partial charge in [-0.05, 0) is 38.5 Å². The molecule has 2 rings (SSSR count). The lowest BCUT2D eigenvalue weighted by Gasteiger charge is -2.32. The van der Waals surface area contributed by atoms with Gasteiger partial charge in [0.15, 0.2) is 6.61 Å². The highest BCUT2D eigenvalue weighted by atomic mass is 19.3. The number of benzene rings is 1. The summed E-state index contributed by atoms with van der Waals surface area (Å²) in [5.41, 5.74) is -0.0499. The molecule has 0 unspecified atom stereocenters. The highest BCUT2D eigenvalue weighted by Gasteiger charge is 2.46. The molecule has 1 fully saturated rings. The maximum atomic E-state index is 13.7. The number of halogens is 2. The molecule has 20 heavy (non-hydrogen) atoms. The van der Waals surface area contributed by atoms with E-state index in [1.165, 1.54) is 12.1 Å². The van der Waals surface area contributed by atoms with Crippen LogP contribution < -0.4 is 10.1 Å². The zero-order valence-corrected chi connectivity index (χ0v) is 11.6. The average molecular weight is 285 g/mol. The number of alkyl carbamates (subject to hydrolysis) is 1. The van der Waals surface area contributed by atoms with E-state index in [-0.39, 0.29) is 5.60 Å². The van der Waals surface area contributed by atoms with Crippen molar-refractivity contribution < 1.29 is 23.0 Å². The van der Waals surface area contributed by atoms with Gasteiger partial charge in [0.1, 0.15) is 17.4 Å². The molecule has 0 saturated carbocycles. The Hall–Kier alpha value is -1.85. The predicted molar refractivity (Wildman–Crippen MR) is 69.0 cm³/mol. The lowest BCUT2D eigenvalue weighted by molar-refractivity contribution is -0.104. The molecule has 1 aromatic rings. The van der Waals surface area contributed by atoms with E-state index in [9.17, 15) is 13.6 Å². The normalized spacial score (nSPS) is 21.9. The van der Waals surface area contributed by atoms with Crippen molar-refractivity contribution in [1.29, 1.82) is 0 Å². The Kier molecular flexibility index (Phi) is 3.58. The van der Waals surface area contributed by atoms with Crippen molar-refractivity contribution in [2.45, 2.75) is 38.3 Å². The molecule has 0 radical (unpaired) electrons. The summed E-state index contributed by atoms with van der Waals surface area (Å²) in [5.74, 6) is -2.55. The molecule has 1 N–H and O–H groups in total. The number of amides is 1. The van der Waals surface area contributed by atoms with Gasteiger partial charge in [0.2, 0.25) is 0 Å². The van der Waals surface area contributed by atoms with Gasteiger partial charge in [-0.3, -0.25) is 0 Å². The highest BCUT2D eigenvalue weighted by molar-refractivity contribution is 5.69. The second-order valence-corrected chi connectivity index (χ2v) is 5.70.